The molecule has 3 rings (SSSR count). The van der Waals surface area contributed by atoms with Crippen molar-refractivity contribution in [3.8, 4) is 0 Å². The molecule has 0 radical (unpaired) electrons. The Hall–Kier alpha value is -1.17. The molecule has 0 bridgehead atoms. The number of fused-ring (bicyclic) bond motifs is 1. The van der Waals surface area contributed by atoms with Crippen LogP contribution in [0.4, 0.5) is 0 Å². The lowest BCUT2D eigenvalue weighted by Gasteiger charge is -2.23. The number of hydrogen-bond donors (Lipinski definition) is 1. The highest BCUT2D eigenvalue weighted by Gasteiger charge is 2.25. The van der Waals surface area contributed by atoms with E-state index in [4.69, 9.17) is 0 Å². The van der Waals surface area contributed by atoms with Crippen molar-refractivity contribution in [1.82, 2.24) is 4.72 Å². The summed E-state index contributed by atoms with van der Waals surface area (Å²) in [6.07, 6.45) is 2.64. The summed E-state index contributed by atoms with van der Waals surface area (Å²) in [7, 11) is -3.42. The van der Waals surface area contributed by atoms with Gasteiger partial charge in [0, 0.05) is 10.9 Å². The fourth-order valence-corrected chi connectivity index (χ4v) is 5.13. The molecule has 1 aliphatic carbocycles. The maximum absolute atomic E-state index is 12.5. The first-order chi connectivity index (χ1) is 9.56. The van der Waals surface area contributed by atoms with Crippen LogP contribution in [0.2, 0.25) is 0 Å². The quantitative estimate of drug-likeness (QED) is 0.947. The molecule has 0 saturated heterocycles. The molecule has 1 aromatic heterocycles. The van der Waals surface area contributed by atoms with Gasteiger partial charge in [-0.25, -0.2) is 13.1 Å². The SMILES string of the molecule is Cc1ccccc1S(=O)(=O)NC1CCc2sccc2C1. The van der Waals surface area contributed by atoms with Crippen molar-refractivity contribution >= 4 is 21.4 Å². The van der Waals surface area contributed by atoms with Crippen LogP contribution in [0.25, 0.3) is 0 Å². The molecule has 0 spiro atoms. The third-order valence-electron chi connectivity index (χ3n) is 3.73. The van der Waals surface area contributed by atoms with Crippen molar-refractivity contribution in [2.45, 2.75) is 37.1 Å². The van der Waals surface area contributed by atoms with Crippen molar-refractivity contribution in [3.63, 3.8) is 0 Å². The maximum atomic E-state index is 12.5. The Morgan fingerprint density at radius 1 is 1.25 bits per heavy atom. The van der Waals surface area contributed by atoms with Crippen LogP contribution in [0.5, 0.6) is 0 Å². The minimum atomic E-state index is -3.42. The zero-order chi connectivity index (χ0) is 14.2. The summed E-state index contributed by atoms with van der Waals surface area (Å²) < 4.78 is 27.8. The summed E-state index contributed by atoms with van der Waals surface area (Å²) >= 11 is 1.77. The predicted octanol–water partition coefficient (Wildman–Crippen LogP) is 2.89. The molecule has 0 amide bonds. The third-order valence-corrected chi connectivity index (χ3v) is 6.43. The first-order valence-electron chi connectivity index (χ1n) is 6.69. The van der Waals surface area contributed by atoms with Gasteiger partial charge in [-0.2, -0.15) is 0 Å². The number of hydrogen-bond acceptors (Lipinski definition) is 3. The number of aryl methyl sites for hydroxylation is 2. The lowest BCUT2D eigenvalue weighted by atomic mass is 9.95. The highest BCUT2D eigenvalue weighted by atomic mass is 32.2. The van der Waals surface area contributed by atoms with Gasteiger partial charge >= 0.3 is 0 Å². The molecule has 1 atom stereocenters. The lowest BCUT2D eigenvalue weighted by molar-refractivity contribution is 0.510. The first-order valence-corrected chi connectivity index (χ1v) is 9.06. The molecule has 3 nitrogen and oxygen atoms in total. The van der Waals surface area contributed by atoms with Gasteiger partial charge in [-0.3, -0.25) is 0 Å². The van der Waals surface area contributed by atoms with Crippen LogP contribution < -0.4 is 4.72 Å². The van der Waals surface area contributed by atoms with Gasteiger partial charge in [-0.05, 0) is 54.8 Å². The standard InChI is InChI=1S/C15H17NO2S2/c1-11-4-2-3-5-15(11)20(17,18)16-13-6-7-14-12(10-13)8-9-19-14/h2-5,8-9,13,16H,6-7,10H2,1H3. The lowest BCUT2D eigenvalue weighted by Crippen LogP contribution is -2.38. The molecule has 0 saturated carbocycles. The van der Waals surface area contributed by atoms with Crippen LogP contribution >= 0.6 is 11.3 Å². The molecule has 2 aromatic rings. The van der Waals surface area contributed by atoms with Gasteiger partial charge in [0.05, 0.1) is 4.90 Å². The van der Waals surface area contributed by atoms with E-state index in [0.717, 1.165) is 24.8 Å². The summed E-state index contributed by atoms with van der Waals surface area (Å²) in [6.45, 7) is 1.83. The molecule has 20 heavy (non-hydrogen) atoms. The van der Waals surface area contributed by atoms with E-state index in [9.17, 15) is 8.42 Å². The Morgan fingerprint density at radius 3 is 2.85 bits per heavy atom. The molecule has 1 aromatic carbocycles. The highest BCUT2D eigenvalue weighted by Crippen LogP contribution is 2.27. The number of rotatable bonds is 3. The monoisotopic (exact) mass is 307 g/mol. The van der Waals surface area contributed by atoms with Gasteiger partial charge in [0.25, 0.3) is 0 Å². The number of benzene rings is 1. The minimum absolute atomic E-state index is 0.00158. The molecule has 0 fully saturated rings. The second-order valence-corrected chi connectivity index (χ2v) is 7.88. The van der Waals surface area contributed by atoms with Gasteiger partial charge in [0.2, 0.25) is 10.0 Å². The molecule has 0 aliphatic heterocycles. The van der Waals surface area contributed by atoms with Gasteiger partial charge in [-0.15, -0.1) is 11.3 Å². The summed E-state index contributed by atoms with van der Waals surface area (Å²) in [6, 6.07) is 9.21. The zero-order valence-electron chi connectivity index (χ0n) is 11.3. The van der Waals surface area contributed by atoms with E-state index in [1.807, 2.05) is 19.1 Å². The topological polar surface area (TPSA) is 46.2 Å². The van der Waals surface area contributed by atoms with Gasteiger partial charge in [0.1, 0.15) is 0 Å². The maximum Gasteiger partial charge on any atom is 0.241 e. The smallest absolute Gasteiger partial charge is 0.208 e. The van der Waals surface area contributed by atoms with Crippen LogP contribution in [-0.4, -0.2) is 14.5 Å². The van der Waals surface area contributed by atoms with Crippen molar-refractivity contribution in [1.29, 1.82) is 0 Å². The van der Waals surface area contributed by atoms with E-state index in [2.05, 4.69) is 16.2 Å². The third kappa shape index (κ3) is 2.66. The minimum Gasteiger partial charge on any atom is -0.208 e. The number of sulfonamides is 1. The number of thiophene rings is 1. The summed E-state index contributed by atoms with van der Waals surface area (Å²) in [5, 5.41) is 2.09. The van der Waals surface area contributed by atoms with Crippen LogP contribution in [0.1, 0.15) is 22.4 Å². The molecule has 1 N–H and O–H groups in total. The van der Waals surface area contributed by atoms with Crippen LogP contribution in [0.15, 0.2) is 40.6 Å². The molecular weight excluding hydrogens is 290 g/mol. The first kappa shape index (κ1) is 13.8. The van der Waals surface area contributed by atoms with E-state index in [1.165, 1.54) is 10.4 Å². The van der Waals surface area contributed by atoms with Gasteiger partial charge in [-0.1, -0.05) is 18.2 Å². The van der Waals surface area contributed by atoms with E-state index in [-0.39, 0.29) is 6.04 Å². The van der Waals surface area contributed by atoms with Gasteiger partial charge in [0.15, 0.2) is 0 Å². The fourth-order valence-electron chi connectivity index (χ4n) is 2.68. The second-order valence-electron chi connectivity index (χ2n) is 5.20. The second kappa shape index (κ2) is 5.31. The average molecular weight is 307 g/mol. The van der Waals surface area contributed by atoms with Crippen molar-refractivity contribution < 1.29 is 8.42 Å². The van der Waals surface area contributed by atoms with Crippen molar-refractivity contribution in [3.05, 3.63) is 51.7 Å². The van der Waals surface area contributed by atoms with Crippen molar-refractivity contribution in [2.24, 2.45) is 0 Å². The normalized spacial score (nSPS) is 18.8. The molecule has 1 unspecified atom stereocenters. The Morgan fingerprint density at radius 2 is 2.05 bits per heavy atom. The zero-order valence-corrected chi connectivity index (χ0v) is 12.9. The average Bonchev–Trinajstić information content (AvgIpc) is 2.86. The Bertz CT molecular complexity index is 719. The Balaban J connectivity index is 1.80. The van der Waals surface area contributed by atoms with Crippen molar-refractivity contribution in [2.75, 3.05) is 0 Å². The summed E-state index contributed by atoms with van der Waals surface area (Å²) in [4.78, 5) is 1.78. The molecule has 106 valence electrons. The molecular formula is C15H17NO2S2. The summed E-state index contributed by atoms with van der Waals surface area (Å²) in [5.74, 6) is 0. The highest BCUT2D eigenvalue weighted by molar-refractivity contribution is 7.89. The van der Waals surface area contributed by atoms with E-state index in [0.29, 0.717) is 4.90 Å². The van der Waals surface area contributed by atoms with Crippen LogP contribution in [0, 0.1) is 6.92 Å². The Labute approximate surface area is 123 Å². The molecule has 1 heterocycles. The van der Waals surface area contributed by atoms with E-state index < -0.39 is 10.0 Å². The van der Waals surface area contributed by atoms with Crippen LogP contribution in [-0.2, 0) is 22.9 Å². The van der Waals surface area contributed by atoms with Gasteiger partial charge < -0.3 is 0 Å². The number of nitrogens with one attached hydrogen (secondary N) is 1. The fraction of sp³-hybridized carbons (Fsp3) is 0.333. The van der Waals surface area contributed by atoms with E-state index >= 15 is 0 Å². The molecule has 5 heteroatoms. The van der Waals surface area contributed by atoms with E-state index in [1.54, 1.807) is 23.5 Å². The summed E-state index contributed by atoms with van der Waals surface area (Å²) in [5.41, 5.74) is 2.07. The largest absolute Gasteiger partial charge is 0.241 e. The Kier molecular flexibility index (Phi) is 3.67. The molecule has 1 aliphatic rings. The predicted molar refractivity (Wildman–Crippen MR) is 81.6 cm³/mol. The van der Waals surface area contributed by atoms with Crippen LogP contribution in [0.3, 0.4) is 0 Å².